The number of nitrogens with zero attached hydrogens (tertiary/aromatic N) is 2. The van der Waals surface area contributed by atoms with E-state index in [-0.39, 0.29) is 10.8 Å². The summed E-state index contributed by atoms with van der Waals surface area (Å²) >= 11 is 5.54. The number of benzene rings is 1. The molecule has 3 nitrogen and oxygen atoms in total. The molecule has 1 heterocycles. The van der Waals surface area contributed by atoms with E-state index in [1.807, 2.05) is 0 Å². The molecular formula is C10H6ClF2N3. The van der Waals surface area contributed by atoms with Crippen molar-refractivity contribution in [1.29, 1.82) is 0 Å². The Morgan fingerprint density at radius 1 is 1.00 bits per heavy atom. The SMILES string of the molecule is Fc1cc(F)cc(Nc2ccc(Cl)nn2)c1. The summed E-state index contributed by atoms with van der Waals surface area (Å²) < 4.78 is 25.7. The highest BCUT2D eigenvalue weighted by Crippen LogP contribution is 2.17. The van der Waals surface area contributed by atoms with E-state index >= 15 is 0 Å². The molecule has 0 spiro atoms. The van der Waals surface area contributed by atoms with E-state index in [1.54, 1.807) is 6.07 Å². The van der Waals surface area contributed by atoms with Crippen LogP contribution in [0.3, 0.4) is 0 Å². The van der Waals surface area contributed by atoms with E-state index in [0.717, 1.165) is 18.2 Å². The lowest BCUT2D eigenvalue weighted by Gasteiger charge is -2.04. The highest BCUT2D eigenvalue weighted by molar-refractivity contribution is 6.29. The minimum Gasteiger partial charge on any atom is -0.339 e. The summed E-state index contributed by atoms with van der Waals surface area (Å²) in [6.07, 6.45) is 0. The molecule has 1 aromatic heterocycles. The second-order valence-electron chi connectivity index (χ2n) is 3.02. The van der Waals surface area contributed by atoms with Crippen LogP contribution in [0.25, 0.3) is 0 Å². The van der Waals surface area contributed by atoms with Crippen molar-refractivity contribution in [2.75, 3.05) is 5.32 Å². The van der Waals surface area contributed by atoms with Gasteiger partial charge in [-0.25, -0.2) is 8.78 Å². The van der Waals surface area contributed by atoms with E-state index < -0.39 is 11.6 Å². The Kier molecular flexibility index (Phi) is 2.96. The first-order valence-electron chi connectivity index (χ1n) is 4.36. The number of halogens is 3. The predicted molar refractivity (Wildman–Crippen MR) is 56.7 cm³/mol. The first-order valence-corrected chi connectivity index (χ1v) is 4.73. The molecule has 0 unspecified atom stereocenters. The number of nitrogens with one attached hydrogen (secondary N) is 1. The molecule has 0 saturated carbocycles. The monoisotopic (exact) mass is 241 g/mol. The maximum atomic E-state index is 12.9. The molecule has 0 saturated heterocycles. The molecule has 0 bridgehead atoms. The largest absolute Gasteiger partial charge is 0.339 e. The van der Waals surface area contributed by atoms with Crippen LogP contribution in [0, 0.1) is 11.6 Å². The predicted octanol–water partition coefficient (Wildman–Crippen LogP) is 3.15. The summed E-state index contributed by atoms with van der Waals surface area (Å²) in [5, 5.41) is 10.2. The van der Waals surface area contributed by atoms with Crippen LogP contribution >= 0.6 is 11.6 Å². The van der Waals surface area contributed by atoms with E-state index in [4.69, 9.17) is 11.6 Å². The molecule has 0 amide bonds. The molecular weight excluding hydrogens is 236 g/mol. The minimum absolute atomic E-state index is 0.246. The van der Waals surface area contributed by atoms with Crippen LogP contribution in [0.15, 0.2) is 30.3 Å². The highest BCUT2D eigenvalue weighted by atomic mass is 35.5. The van der Waals surface area contributed by atoms with Gasteiger partial charge in [-0.3, -0.25) is 0 Å². The first kappa shape index (κ1) is 10.8. The molecule has 0 fully saturated rings. The third kappa shape index (κ3) is 2.64. The van der Waals surface area contributed by atoms with E-state index in [2.05, 4.69) is 15.5 Å². The molecule has 16 heavy (non-hydrogen) atoms. The van der Waals surface area contributed by atoms with Crippen molar-refractivity contribution in [3.8, 4) is 0 Å². The second-order valence-corrected chi connectivity index (χ2v) is 3.41. The lowest BCUT2D eigenvalue weighted by atomic mass is 10.3. The number of rotatable bonds is 2. The van der Waals surface area contributed by atoms with Crippen molar-refractivity contribution in [2.45, 2.75) is 0 Å². The smallest absolute Gasteiger partial charge is 0.153 e. The first-order chi connectivity index (χ1) is 7.63. The normalized spacial score (nSPS) is 10.2. The van der Waals surface area contributed by atoms with Crippen molar-refractivity contribution in [3.63, 3.8) is 0 Å². The van der Waals surface area contributed by atoms with Crippen molar-refractivity contribution in [1.82, 2.24) is 10.2 Å². The van der Waals surface area contributed by atoms with Gasteiger partial charge in [0.2, 0.25) is 0 Å². The van der Waals surface area contributed by atoms with Gasteiger partial charge in [-0.15, -0.1) is 10.2 Å². The van der Waals surface area contributed by atoms with Gasteiger partial charge >= 0.3 is 0 Å². The van der Waals surface area contributed by atoms with Crippen molar-refractivity contribution in [3.05, 3.63) is 47.1 Å². The average Bonchev–Trinajstić information content (AvgIpc) is 2.20. The van der Waals surface area contributed by atoms with Gasteiger partial charge < -0.3 is 5.32 Å². The van der Waals surface area contributed by atoms with Gasteiger partial charge in [0.05, 0.1) is 0 Å². The van der Waals surface area contributed by atoms with Gasteiger partial charge in [0.25, 0.3) is 0 Å². The number of aromatic nitrogens is 2. The molecule has 1 N–H and O–H groups in total. The lowest BCUT2D eigenvalue weighted by molar-refractivity contribution is 0.584. The molecule has 0 radical (unpaired) electrons. The summed E-state index contributed by atoms with van der Waals surface area (Å²) in [5.41, 5.74) is 0.258. The zero-order valence-electron chi connectivity index (χ0n) is 7.92. The zero-order valence-corrected chi connectivity index (χ0v) is 8.67. The van der Waals surface area contributed by atoms with Crippen LogP contribution in [0.5, 0.6) is 0 Å². The molecule has 1 aromatic carbocycles. The number of anilines is 2. The standard InChI is InChI=1S/C10H6ClF2N3/c11-9-1-2-10(16-15-9)14-8-4-6(12)3-7(13)5-8/h1-5H,(H,14,16). The minimum atomic E-state index is -0.663. The summed E-state index contributed by atoms with van der Waals surface area (Å²) in [7, 11) is 0. The molecule has 6 heteroatoms. The fraction of sp³-hybridized carbons (Fsp3) is 0. The van der Waals surface area contributed by atoms with E-state index in [1.165, 1.54) is 6.07 Å². The molecule has 0 aliphatic carbocycles. The van der Waals surface area contributed by atoms with E-state index in [0.29, 0.717) is 5.82 Å². The third-order valence-electron chi connectivity index (χ3n) is 1.77. The summed E-state index contributed by atoms with van der Waals surface area (Å²) in [6.45, 7) is 0. The fourth-order valence-corrected chi connectivity index (χ4v) is 1.26. The van der Waals surface area contributed by atoms with Crippen LogP contribution in [0.2, 0.25) is 5.15 Å². The summed E-state index contributed by atoms with van der Waals surface area (Å²) in [6, 6.07) is 6.17. The molecule has 2 aromatic rings. The molecule has 2 rings (SSSR count). The van der Waals surface area contributed by atoms with Crippen molar-refractivity contribution < 1.29 is 8.78 Å². The maximum absolute atomic E-state index is 12.9. The average molecular weight is 242 g/mol. The Morgan fingerprint density at radius 3 is 2.25 bits per heavy atom. The Hall–Kier alpha value is -1.75. The molecule has 0 aliphatic heterocycles. The Balaban J connectivity index is 2.23. The van der Waals surface area contributed by atoms with Gasteiger partial charge in [0.1, 0.15) is 11.6 Å². The number of hydrogen-bond donors (Lipinski definition) is 1. The van der Waals surface area contributed by atoms with Crippen LogP contribution in [-0.4, -0.2) is 10.2 Å². The van der Waals surface area contributed by atoms with Crippen LogP contribution < -0.4 is 5.32 Å². The highest BCUT2D eigenvalue weighted by Gasteiger charge is 2.02. The molecule has 0 atom stereocenters. The third-order valence-corrected chi connectivity index (χ3v) is 1.97. The molecule has 82 valence electrons. The van der Waals surface area contributed by atoms with Crippen molar-refractivity contribution in [2.24, 2.45) is 0 Å². The van der Waals surface area contributed by atoms with Crippen molar-refractivity contribution >= 4 is 23.1 Å². The quantitative estimate of drug-likeness (QED) is 0.878. The fourth-order valence-electron chi connectivity index (χ4n) is 1.16. The van der Waals surface area contributed by atoms with Gasteiger partial charge in [-0.2, -0.15) is 0 Å². The number of hydrogen-bond acceptors (Lipinski definition) is 3. The van der Waals surface area contributed by atoms with Crippen LogP contribution in [0.1, 0.15) is 0 Å². The van der Waals surface area contributed by atoms with E-state index in [9.17, 15) is 8.78 Å². The Bertz CT molecular complexity index is 482. The van der Waals surface area contributed by atoms with Crippen LogP contribution in [0.4, 0.5) is 20.3 Å². The Morgan fingerprint density at radius 2 is 1.69 bits per heavy atom. The van der Waals surface area contributed by atoms with Gasteiger partial charge in [0, 0.05) is 11.8 Å². The van der Waals surface area contributed by atoms with Gasteiger partial charge in [-0.1, -0.05) is 11.6 Å². The Labute approximate surface area is 95.1 Å². The summed E-state index contributed by atoms with van der Waals surface area (Å²) in [4.78, 5) is 0. The topological polar surface area (TPSA) is 37.8 Å². The molecule has 0 aliphatic rings. The van der Waals surface area contributed by atoms with Crippen LogP contribution in [-0.2, 0) is 0 Å². The second kappa shape index (κ2) is 4.40. The van der Waals surface area contributed by atoms with Gasteiger partial charge in [0.15, 0.2) is 11.0 Å². The zero-order chi connectivity index (χ0) is 11.5. The van der Waals surface area contributed by atoms with Gasteiger partial charge in [-0.05, 0) is 24.3 Å². The summed E-state index contributed by atoms with van der Waals surface area (Å²) in [5.74, 6) is -0.969. The lowest BCUT2D eigenvalue weighted by Crippen LogP contribution is -1.96. The maximum Gasteiger partial charge on any atom is 0.153 e.